The Balaban J connectivity index is 2.23. The van der Waals surface area contributed by atoms with Crippen molar-refractivity contribution in [1.29, 1.82) is 0 Å². The molecule has 0 saturated heterocycles. The summed E-state index contributed by atoms with van der Waals surface area (Å²) in [4.78, 5) is 11.6. The fourth-order valence-corrected chi connectivity index (χ4v) is 1.53. The van der Waals surface area contributed by atoms with Crippen molar-refractivity contribution < 1.29 is 9.21 Å². The second-order valence-corrected chi connectivity index (χ2v) is 5.65. The molecule has 0 unspecified atom stereocenters. The molecule has 0 saturated carbocycles. The molecule has 20 heavy (non-hydrogen) atoms. The summed E-state index contributed by atoms with van der Waals surface area (Å²) in [7, 11) is 0. The number of anilines is 1. The van der Waals surface area contributed by atoms with Crippen molar-refractivity contribution in [2.24, 2.45) is 0 Å². The zero-order valence-corrected chi connectivity index (χ0v) is 12.7. The van der Waals surface area contributed by atoms with Crippen molar-refractivity contribution in [3.63, 3.8) is 0 Å². The lowest BCUT2D eigenvalue weighted by Crippen LogP contribution is -2.41. The van der Waals surface area contributed by atoms with E-state index >= 15 is 0 Å². The number of nitrogens with one attached hydrogen (secondary N) is 3. The molecular weight excluding hydrogens is 258 g/mol. The Bertz CT molecular complexity index is 411. The quantitative estimate of drug-likeness (QED) is 0.623. The Morgan fingerprint density at radius 1 is 1.25 bits per heavy atom. The Labute approximate surface area is 119 Å². The van der Waals surface area contributed by atoms with Gasteiger partial charge in [-0.15, -0.1) is 5.10 Å². The Morgan fingerprint density at radius 3 is 2.65 bits per heavy atom. The van der Waals surface area contributed by atoms with Gasteiger partial charge in [0.15, 0.2) is 0 Å². The lowest BCUT2D eigenvalue weighted by atomic mass is 10.1. The maximum absolute atomic E-state index is 11.6. The maximum atomic E-state index is 11.6. The van der Waals surface area contributed by atoms with E-state index in [1.165, 1.54) is 0 Å². The summed E-state index contributed by atoms with van der Waals surface area (Å²) in [6, 6.07) is 0.349. The minimum Gasteiger partial charge on any atom is -0.407 e. The highest BCUT2D eigenvalue weighted by Gasteiger charge is 2.13. The van der Waals surface area contributed by atoms with E-state index in [4.69, 9.17) is 4.42 Å². The molecule has 0 aliphatic heterocycles. The first-order valence-corrected chi connectivity index (χ1v) is 6.98. The van der Waals surface area contributed by atoms with Crippen LogP contribution in [0, 0.1) is 0 Å². The van der Waals surface area contributed by atoms with Gasteiger partial charge in [-0.3, -0.25) is 4.79 Å². The number of hydrogen-bond acceptors (Lipinski definition) is 6. The smallest absolute Gasteiger partial charge is 0.315 e. The lowest BCUT2D eigenvalue weighted by Gasteiger charge is -2.20. The standard InChI is InChI=1S/C13H25N5O2/c1-5-7-14-9-11-17-18-12(20-11)15-8-6-10(19)16-13(2,3)4/h14H,5-9H2,1-4H3,(H,15,18)(H,16,19). The van der Waals surface area contributed by atoms with Crippen molar-refractivity contribution >= 4 is 11.9 Å². The fourth-order valence-electron chi connectivity index (χ4n) is 1.53. The summed E-state index contributed by atoms with van der Waals surface area (Å²) in [5, 5.41) is 16.8. The van der Waals surface area contributed by atoms with Crippen LogP contribution >= 0.6 is 0 Å². The van der Waals surface area contributed by atoms with Gasteiger partial charge in [-0.05, 0) is 33.7 Å². The van der Waals surface area contributed by atoms with E-state index in [0.717, 1.165) is 13.0 Å². The van der Waals surface area contributed by atoms with Gasteiger partial charge in [0.25, 0.3) is 0 Å². The van der Waals surface area contributed by atoms with Crippen LogP contribution in [0.5, 0.6) is 0 Å². The highest BCUT2D eigenvalue weighted by molar-refractivity contribution is 5.77. The molecule has 0 atom stereocenters. The van der Waals surface area contributed by atoms with Gasteiger partial charge in [0.05, 0.1) is 6.54 Å². The number of carbonyl (C=O) groups excluding carboxylic acids is 1. The molecule has 1 amide bonds. The number of rotatable bonds is 8. The van der Waals surface area contributed by atoms with Gasteiger partial charge < -0.3 is 20.4 Å². The Kier molecular flexibility index (Phi) is 6.44. The first-order valence-electron chi connectivity index (χ1n) is 6.98. The third kappa shape index (κ3) is 7.08. The number of hydrogen-bond donors (Lipinski definition) is 3. The van der Waals surface area contributed by atoms with Gasteiger partial charge >= 0.3 is 6.01 Å². The topological polar surface area (TPSA) is 92.1 Å². The molecule has 0 aliphatic rings. The predicted molar refractivity (Wildman–Crippen MR) is 77.3 cm³/mol. The first kappa shape index (κ1) is 16.4. The highest BCUT2D eigenvalue weighted by Crippen LogP contribution is 2.05. The van der Waals surface area contributed by atoms with Crippen molar-refractivity contribution in [2.45, 2.75) is 52.6 Å². The molecule has 1 aromatic rings. The van der Waals surface area contributed by atoms with E-state index in [0.29, 0.717) is 31.4 Å². The van der Waals surface area contributed by atoms with Crippen LogP contribution in [-0.2, 0) is 11.3 Å². The molecule has 7 heteroatoms. The third-order valence-electron chi connectivity index (χ3n) is 2.31. The van der Waals surface area contributed by atoms with E-state index < -0.39 is 0 Å². The van der Waals surface area contributed by atoms with Gasteiger partial charge in [-0.2, -0.15) is 0 Å². The molecule has 3 N–H and O–H groups in total. The van der Waals surface area contributed by atoms with E-state index in [1.54, 1.807) is 0 Å². The van der Waals surface area contributed by atoms with Crippen LogP contribution < -0.4 is 16.0 Å². The summed E-state index contributed by atoms with van der Waals surface area (Å²) in [6.45, 7) is 9.89. The molecule has 0 bridgehead atoms. The van der Waals surface area contributed by atoms with Crippen LogP contribution in [0.2, 0.25) is 0 Å². The van der Waals surface area contributed by atoms with E-state index in [1.807, 2.05) is 20.8 Å². The van der Waals surface area contributed by atoms with E-state index in [2.05, 4.69) is 33.1 Å². The normalized spacial score (nSPS) is 11.4. The summed E-state index contributed by atoms with van der Waals surface area (Å²) in [5.74, 6) is 0.537. The number of nitrogens with zero attached hydrogens (tertiary/aromatic N) is 2. The van der Waals surface area contributed by atoms with Crippen molar-refractivity contribution in [1.82, 2.24) is 20.8 Å². The lowest BCUT2D eigenvalue weighted by molar-refractivity contribution is -0.122. The van der Waals surface area contributed by atoms with Crippen LogP contribution in [-0.4, -0.2) is 34.7 Å². The predicted octanol–water partition coefficient (Wildman–Crippen LogP) is 1.29. The molecule has 0 spiro atoms. The molecule has 114 valence electrons. The van der Waals surface area contributed by atoms with E-state index in [-0.39, 0.29) is 11.4 Å². The summed E-state index contributed by atoms with van der Waals surface area (Å²) < 4.78 is 5.39. The fraction of sp³-hybridized carbons (Fsp3) is 0.769. The molecule has 1 heterocycles. The molecule has 1 rings (SSSR count). The number of aromatic nitrogens is 2. The summed E-state index contributed by atoms with van der Waals surface area (Å²) >= 11 is 0. The van der Waals surface area contributed by atoms with Gasteiger partial charge in [0.2, 0.25) is 11.8 Å². The second kappa shape index (κ2) is 7.84. The summed E-state index contributed by atoms with van der Waals surface area (Å²) in [5.41, 5.74) is -0.209. The average Bonchev–Trinajstić information content (AvgIpc) is 2.75. The molecule has 0 aromatic carbocycles. The Morgan fingerprint density at radius 2 is 2.00 bits per heavy atom. The van der Waals surface area contributed by atoms with Crippen LogP contribution in [0.25, 0.3) is 0 Å². The first-order chi connectivity index (χ1) is 9.40. The minimum absolute atomic E-state index is 0.00523. The molecule has 0 radical (unpaired) electrons. The molecular formula is C13H25N5O2. The molecule has 7 nitrogen and oxygen atoms in total. The van der Waals surface area contributed by atoms with Crippen LogP contribution in [0.3, 0.4) is 0 Å². The number of carbonyl (C=O) groups is 1. The second-order valence-electron chi connectivity index (χ2n) is 5.65. The molecule has 1 aromatic heterocycles. The van der Waals surface area contributed by atoms with Gasteiger partial charge in [-0.1, -0.05) is 12.0 Å². The molecule has 0 fully saturated rings. The van der Waals surface area contributed by atoms with Crippen LogP contribution in [0.1, 0.15) is 46.4 Å². The Hall–Kier alpha value is -1.63. The van der Waals surface area contributed by atoms with Crippen molar-refractivity contribution in [3.05, 3.63) is 5.89 Å². The monoisotopic (exact) mass is 283 g/mol. The van der Waals surface area contributed by atoms with Crippen LogP contribution in [0.15, 0.2) is 4.42 Å². The van der Waals surface area contributed by atoms with Gasteiger partial charge in [0.1, 0.15) is 0 Å². The third-order valence-corrected chi connectivity index (χ3v) is 2.31. The van der Waals surface area contributed by atoms with E-state index in [9.17, 15) is 4.79 Å². The van der Waals surface area contributed by atoms with Gasteiger partial charge in [-0.25, -0.2) is 0 Å². The SMILES string of the molecule is CCCNCc1nnc(NCCC(=O)NC(C)(C)C)o1. The zero-order chi connectivity index (χ0) is 15.0. The number of amides is 1. The van der Waals surface area contributed by atoms with Crippen LogP contribution in [0.4, 0.5) is 6.01 Å². The van der Waals surface area contributed by atoms with Crippen molar-refractivity contribution in [2.75, 3.05) is 18.4 Å². The highest BCUT2D eigenvalue weighted by atomic mass is 16.4. The van der Waals surface area contributed by atoms with Gasteiger partial charge in [0, 0.05) is 18.5 Å². The zero-order valence-electron chi connectivity index (χ0n) is 12.7. The molecule has 0 aliphatic carbocycles. The van der Waals surface area contributed by atoms with Crippen molar-refractivity contribution in [3.8, 4) is 0 Å². The largest absolute Gasteiger partial charge is 0.407 e. The maximum Gasteiger partial charge on any atom is 0.315 e. The summed E-state index contributed by atoms with van der Waals surface area (Å²) in [6.07, 6.45) is 1.42. The minimum atomic E-state index is -0.209. The average molecular weight is 283 g/mol.